The molecule has 0 saturated carbocycles. The average molecular weight is 245 g/mol. The van der Waals surface area contributed by atoms with Crippen molar-refractivity contribution in [2.45, 2.75) is 25.8 Å². The normalized spacial score (nSPS) is 12.2. The monoisotopic (exact) mass is 244 g/mol. The maximum atomic E-state index is 13.0. The summed E-state index contributed by atoms with van der Waals surface area (Å²) in [5, 5.41) is 2.76. The number of carbonyl (C=O) groups is 1. The van der Waals surface area contributed by atoms with E-state index >= 15 is 0 Å². The lowest BCUT2D eigenvalue weighted by Crippen LogP contribution is -2.35. The van der Waals surface area contributed by atoms with Crippen molar-refractivity contribution >= 4 is 23.2 Å². The molecule has 5 heteroatoms. The van der Waals surface area contributed by atoms with Gasteiger partial charge in [0, 0.05) is 10.7 Å². The third-order valence-corrected chi connectivity index (χ3v) is 2.28. The summed E-state index contributed by atoms with van der Waals surface area (Å²) in [7, 11) is 0. The Hall–Kier alpha value is -1.13. The van der Waals surface area contributed by atoms with E-state index in [9.17, 15) is 9.18 Å². The number of nitrogens with two attached hydrogens (primary N) is 1. The lowest BCUT2D eigenvalue weighted by molar-refractivity contribution is -0.117. The Labute approximate surface area is 98.8 Å². The number of anilines is 1. The second kappa shape index (κ2) is 5.82. The van der Waals surface area contributed by atoms with E-state index in [0.717, 1.165) is 6.42 Å². The molecule has 1 aromatic carbocycles. The standard InChI is InChI=1S/C11H14ClFN2O/c1-2-3-10(14)11(16)15-9-5-7(12)4-8(13)6-9/h4-6,10H,2-3,14H2,1H3,(H,15,16)/t10-/m0/s1. The van der Waals surface area contributed by atoms with Gasteiger partial charge in [-0.3, -0.25) is 4.79 Å². The van der Waals surface area contributed by atoms with Gasteiger partial charge in [-0.15, -0.1) is 0 Å². The molecule has 1 aromatic rings. The molecule has 88 valence electrons. The third-order valence-electron chi connectivity index (χ3n) is 2.07. The first-order valence-corrected chi connectivity index (χ1v) is 5.43. The highest BCUT2D eigenvalue weighted by molar-refractivity contribution is 6.30. The molecular formula is C11H14ClFN2O. The van der Waals surface area contributed by atoms with E-state index in [1.165, 1.54) is 18.2 Å². The molecule has 0 aromatic heterocycles. The molecule has 0 spiro atoms. The molecule has 0 aliphatic rings. The molecule has 0 aliphatic heterocycles. The van der Waals surface area contributed by atoms with E-state index in [0.29, 0.717) is 12.1 Å². The Bertz CT molecular complexity index is 364. The number of carbonyl (C=O) groups excluding carboxylic acids is 1. The van der Waals surface area contributed by atoms with E-state index in [-0.39, 0.29) is 10.9 Å². The maximum absolute atomic E-state index is 13.0. The van der Waals surface area contributed by atoms with Crippen LogP contribution < -0.4 is 11.1 Å². The minimum absolute atomic E-state index is 0.236. The van der Waals surface area contributed by atoms with Gasteiger partial charge in [0.1, 0.15) is 5.82 Å². The molecule has 3 nitrogen and oxygen atoms in total. The van der Waals surface area contributed by atoms with Gasteiger partial charge in [0.05, 0.1) is 6.04 Å². The summed E-state index contributed by atoms with van der Waals surface area (Å²) in [6.45, 7) is 1.94. The van der Waals surface area contributed by atoms with Gasteiger partial charge in [-0.05, 0) is 24.6 Å². The van der Waals surface area contributed by atoms with Crippen molar-refractivity contribution in [3.8, 4) is 0 Å². The van der Waals surface area contributed by atoms with Crippen LogP contribution in [0.5, 0.6) is 0 Å². The summed E-state index contributed by atoms with van der Waals surface area (Å²) in [5.74, 6) is -0.824. The fourth-order valence-corrected chi connectivity index (χ4v) is 1.52. The third kappa shape index (κ3) is 3.79. The number of nitrogens with one attached hydrogen (secondary N) is 1. The Morgan fingerprint density at radius 2 is 2.25 bits per heavy atom. The highest BCUT2D eigenvalue weighted by Crippen LogP contribution is 2.18. The van der Waals surface area contributed by atoms with Gasteiger partial charge in [-0.1, -0.05) is 24.9 Å². The molecule has 0 unspecified atom stereocenters. The fraction of sp³-hybridized carbons (Fsp3) is 0.364. The van der Waals surface area contributed by atoms with E-state index in [4.69, 9.17) is 17.3 Å². The lowest BCUT2D eigenvalue weighted by atomic mass is 10.1. The van der Waals surface area contributed by atoms with Crippen LogP contribution in [-0.4, -0.2) is 11.9 Å². The second-order valence-corrected chi connectivity index (χ2v) is 3.98. The number of amides is 1. The number of hydrogen-bond donors (Lipinski definition) is 2. The minimum atomic E-state index is -0.577. The highest BCUT2D eigenvalue weighted by atomic mass is 35.5. The van der Waals surface area contributed by atoms with Gasteiger partial charge in [-0.25, -0.2) is 4.39 Å². The van der Waals surface area contributed by atoms with E-state index < -0.39 is 11.9 Å². The van der Waals surface area contributed by atoms with Gasteiger partial charge in [0.2, 0.25) is 5.91 Å². The SMILES string of the molecule is CCC[C@H](N)C(=O)Nc1cc(F)cc(Cl)c1. The quantitative estimate of drug-likeness (QED) is 0.855. The van der Waals surface area contributed by atoms with Crippen LogP contribution >= 0.6 is 11.6 Å². The summed E-state index contributed by atoms with van der Waals surface area (Å²) in [4.78, 5) is 11.5. The number of hydrogen-bond acceptors (Lipinski definition) is 2. The van der Waals surface area contributed by atoms with Crippen molar-refractivity contribution in [2.24, 2.45) is 5.73 Å². The summed E-state index contributed by atoms with van der Waals surface area (Å²) in [5.41, 5.74) is 5.93. The molecule has 0 aliphatic carbocycles. The molecule has 0 bridgehead atoms. The molecule has 16 heavy (non-hydrogen) atoms. The highest BCUT2D eigenvalue weighted by Gasteiger charge is 2.12. The van der Waals surface area contributed by atoms with Gasteiger partial charge >= 0.3 is 0 Å². The smallest absolute Gasteiger partial charge is 0.241 e. The van der Waals surface area contributed by atoms with Gasteiger partial charge in [-0.2, -0.15) is 0 Å². The first-order valence-electron chi connectivity index (χ1n) is 5.05. The maximum Gasteiger partial charge on any atom is 0.241 e. The predicted molar refractivity (Wildman–Crippen MR) is 62.9 cm³/mol. The Kier molecular flexibility index (Phi) is 4.71. The van der Waals surface area contributed by atoms with Crippen molar-refractivity contribution < 1.29 is 9.18 Å². The number of benzene rings is 1. The average Bonchev–Trinajstić information content (AvgIpc) is 2.16. The van der Waals surface area contributed by atoms with Gasteiger partial charge < -0.3 is 11.1 Å². The lowest BCUT2D eigenvalue weighted by Gasteiger charge is -2.11. The Balaban J connectivity index is 2.69. The zero-order valence-electron chi connectivity index (χ0n) is 8.97. The summed E-state index contributed by atoms with van der Waals surface area (Å²) in [6.07, 6.45) is 1.41. The first-order chi connectivity index (χ1) is 7.52. The van der Waals surface area contributed by atoms with Crippen molar-refractivity contribution in [1.29, 1.82) is 0 Å². The molecule has 3 N–H and O–H groups in total. The zero-order valence-corrected chi connectivity index (χ0v) is 9.72. The number of halogens is 2. The summed E-state index contributed by atoms with van der Waals surface area (Å²) in [6, 6.07) is 3.26. The van der Waals surface area contributed by atoms with Crippen LogP contribution in [0.2, 0.25) is 5.02 Å². The van der Waals surface area contributed by atoms with Crippen LogP contribution in [0.1, 0.15) is 19.8 Å². The van der Waals surface area contributed by atoms with Crippen molar-refractivity contribution in [2.75, 3.05) is 5.32 Å². The number of rotatable bonds is 4. The summed E-state index contributed by atoms with van der Waals surface area (Å²) < 4.78 is 13.0. The van der Waals surface area contributed by atoms with E-state index in [1.807, 2.05) is 6.92 Å². The van der Waals surface area contributed by atoms with Crippen LogP contribution in [-0.2, 0) is 4.79 Å². The molecule has 0 radical (unpaired) electrons. The van der Waals surface area contributed by atoms with Crippen molar-refractivity contribution in [3.63, 3.8) is 0 Å². The zero-order chi connectivity index (χ0) is 12.1. The molecular weight excluding hydrogens is 231 g/mol. The minimum Gasteiger partial charge on any atom is -0.325 e. The molecule has 0 fully saturated rings. The van der Waals surface area contributed by atoms with Crippen LogP contribution in [0.4, 0.5) is 10.1 Å². The summed E-state index contributed by atoms with van der Waals surface area (Å²) >= 11 is 5.65. The largest absolute Gasteiger partial charge is 0.325 e. The molecule has 0 heterocycles. The molecule has 1 rings (SSSR count). The van der Waals surface area contributed by atoms with Crippen molar-refractivity contribution in [3.05, 3.63) is 29.0 Å². The Morgan fingerprint density at radius 3 is 2.81 bits per heavy atom. The molecule has 0 saturated heterocycles. The predicted octanol–water partition coefficient (Wildman–Crippen LogP) is 2.55. The Morgan fingerprint density at radius 1 is 1.56 bits per heavy atom. The topological polar surface area (TPSA) is 55.1 Å². The van der Waals surface area contributed by atoms with E-state index in [2.05, 4.69) is 5.32 Å². The van der Waals surface area contributed by atoms with Crippen LogP contribution in [0.25, 0.3) is 0 Å². The molecule has 1 amide bonds. The van der Waals surface area contributed by atoms with Crippen LogP contribution in [0.3, 0.4) is 0 Å². The van der Waals surface area contributed by atoms with E-state index in [1.54, 1.807) is 0 Å². The molecule has 1 atom stereocenters. The van der Waals surface area contributed by atoms with Crippen molar-refractivity contribution in [1.82, 2.24) is 0 Å². The van der Waals surface area contributed by atoms with Gasteiger partial charge in [0.25, 0.3) is 0 Å². The first kappa shape index (κ1) is 12.9. The van der Waals surface area contributed by atoms with Gasteiger partial charge in [0.15, 0.2) is 0 Å². The van der Waals surface area contributed by atoms with Crippen LogP contribution in [0.15, 0.2) is 18.2 Å². The second-order valence-electron chi connectivity index (χ2n) is 3.54. The fourth-order valence-electron chi connectivity index (χ4n) is 1.30. The van der Waals surface area contributed by atoms with Crippen LogP contribution in [0, 0.1) is 5.82 Å².